The fraction of sp³-hybridized carbons (Fsp3) is 0.423. The van der Waals surface area contributed by atoms with E-state index in [0.717, 1.165) is 85.0 Å². The molecule has 1 N–H and O–H groups in total. The number of rotatable bonds is 8. The number of halogens is 2. The maximum absolute atomic E-state index is 11.7. The lowest BCUT2D eigenvalue weighted by Gasteiger charge is -2.62. The lowest BCUT2D eigenvalue weighted by Crippen LogP contribution is -3.00. The summed E-state index contributed by atoms with van der Waals surface area (Å²) in [6.45, 7) is 6.05. The van der Waals surface area contributed by atoms with Crippen molar-refractivity contribution in [1.29, 1.82) is 0 Å². The second kappa shape index (κ2) is 16.0. The van der Waals surface area contributed by atoms with Crippen LogP contribution in [0.25, 0.3) is 0 Å². The Bertz CT molecular complexity index is 2700. The molecule has 4 aromatic rings. The number of nitro groups is 2. The molecule has 6 fully saturated rings. The van der Waals surface area contributed by atoms with Crippen LogP contribution >= 0.6 is 0 Å². The van der Waals surface area contributed by atoms with Crippen molar-refractivity contribution in [3.8, 4) is 0 Å². The highest BCUT2D eigenvalue weighted by Crippen LogP contribution is 2.68. The number of piperidine rings is 2. The van der Waals surface area contributed by atoms with Crippen LogP contribution in [0.4, 0.5) is 22.7 Å². The first-order valence-corrected chi connectivity index (χ1v) is 23.4. The lowest BCUT2D eigenvalue weighted by molar-refractivity contribution is -0.955. The van der Waals surface area contributed by atoms with Crippen LogP contribution in [-0.2, 0) is 23.2 Å². The van der Waals surface area contributed by atoms with Gasteiger partial charge in [-0.2, -0.15) is 0 Å². The molecule has 0 amide bonds. The minimum Gasteiger partial charge on any atom is -1.00 e. The summed E-state index contributed by atoms with van der Waals surface area (Å²) >= 11 is 0. The number of fused-ring (bicyclic) bond motifs is 6. The second-order valence-corrected chi connectivity index (χ2v) is 20.5. The molecule has 0 radical (unpaired) electrons. The number of hydrogen-bond donors (Lipinski definition) is 1. The van der Waals surface area contributed by atoms with Crippen molar-refractivity contribution in [3.63, 3.8) is 0 Å². The van der Waals surface area contributed by atoms with E-state index in [-0.39, 0.29) is 97.4 Å². The molecule has 13 rings (SSSR count). The Morgan fingerprint density at radius 3 is 2.20 bits per heavy atom. The maximum Gasteiger partial charge on any atom is 0.269 e. The smallest absolute Gasteiger partial charge is 0.269 e. The minimum absolute atomic E-state index is 0. The van der Waals surface area contributed by atoms with Gasteiger partial charge in [0.15, 0.2) is 0 Å². The van der Waals surface area contributed by atoms with E-state index in [1.807, 2.05) is 24.3 Å². The highest BCUT2D eigenvalue weighted by atomic mass is 79.9. The Labute approximate surface area is 405 Å². The lowest BCUT2D eigenvalue weighted by atomic mass is 9.54. The van der Waals surface area contributed by atoms with Gasteiger partial charge in [0.25, 0.3) is 11.4 Å². The van der Waals surface area contributed by atoms with Crippen molar-refractivity contribution in [2.24, 2.45) is 23.7 Å². The third kappa shape index (κ3) is 6.06. The summed E-state index contributed by atoms with van der Waals surface area (Å²) in [4.78, 5) is 28.2. The standard InChI is InChI=1S/C52H54N6O6.2BrH/c59-24-19-35-31-57(29-33-10-14-38(15-11-33)55(60)61)22-18-40-46(57)26-41(35)43-28-53-45-9-5-4-8-44(45)52-21-23-58(30-34-12-16-39(17-13-34)56(62)63)32-36-20-25-64-51(48(50(52)53)42(36)27-47(52)58)54(49(40)43)37-6-2-1-3-7-37;;/h1-17,19-20,28,40-42,46-51,59H,18,21-27,29-32H2;2*1H/q+2;;/p-2. The van der Waals surface area contributed by atoms with Crippen molar-refractivity contribution in [1.82, 2.24) is 0 Å². The van der Waals surface area contributed by atoms with E-state index in [1.54, 1.807) is 24.3 Å². The predicted octanol–water partition coefficient (Wildman–Crippen LogP) is 1.79. The zero-order valence-electron chi connectivity index (χ0n) is 36.7. The number of nitrogens with zero attached hydrogens (tertiary/aromatic N) is 6. The van der Waals surface area contributed by atoms with Gasteiger partial charge in [-0.3, -0.25) is 20.2 Å². The second-order valence-electron chi connectivity index (χ2n) is 20.5. The Morgan fingerprint density at radius 1 is 0.818 bits per heavy atom. The average molecular weight is 1020 g/mol. The SMILES string of the molecule is O=[N+]([O-])c1ccc(C[N+]23CCC4C5C(=CN6c7ccccc7C78CC[N+]9(Cc%10ccc([N+](=O)[O-])cc%10)CC%10=CCOC(C(C%10CC79)C68)N5c5ccccc5)C(CC42)C(=CCO)C3)cc1.[Br-].[Br-]. The highest BCUT2D eigenvalue weighted by Gasteiger charge is 2.75. The van der Waals surface area contributed by atoms with Crippen molar-refractivity contribution < 1.29 is 62.6 Å². The Hall–Kier alpha value is -4.70. The van der Waals surface area contributed by atoms with E-state index >= 15 is 0 Å². The topological polar surface area (TPSA) is 122 Å². The molecule has 9 aliphatic rings. The van der Waals surface area contributed by atoms with Crippen LogP contribution in [0.1, 0.15) is 42.4 Å². The third-order valence-corrected chi connectivity index (χ3v) is 18.2. The molecule has 4 aromatic carbocycles. The Balaban J connectivity index is 0.00000241. The normalized spacial score (nSPS) is 36.3. The molecule has 12 atom stereocenters. The van der Waals surface area contributed by atoms with E-state index in [2.05, 4.69) is 82.7 Å². The first-order valence-electron chi connectivity index (χ1n) is 23.4. The zero-order valence-corrected chi connectivity index (χ0v) is 39.8. The van der Waals surface area contributed by atoms with Crippen molar-refractivity contribution in [3.05, 3.63) is 175 Å². The molecule has 342 valence electrons. The molecule has 7 heterocycles. The van der Waals surface area contributed by atoms with Gasteiger partial charge >= 0.3 is 0 Å². The zero-order chi connectivity index (χ0) is 43.1. The number of non-ortho nitro benzene ring substituents is 2. The Kier molecular flexibility index (Phi) is 10.6. The first kappa shape index (κ1) is 43.8. The number of ether oxygens (including phenoxy) is 1. The maximum atomic E-state index is 11.7. The third-order valence-electron chi connectivity index (χ3n) is 18.2. The van der Waals surface area contributed by atoms with E-state index < -0.39 is 0 Å². The molecule has 1 spiro atoms. The molecule has 7 aliphatic heterocycles. The van der Waals surface area contributed by atoms with Crippen molar-refractivity contribution in [2.75, 3.05) is 49.2 Å². The monoisotopic (exact) mass is 1020 g/mol. The minimum atomic E-state index is -0.319. The van der Waals surface area contributed by atoms with Gasteiger partial charge in [0.05, 0.1) is 59.7 Å². The van der Waals surface area contributed by atoms with Crippen LogP contribution < -0.4 is 43.8 Å². The van der Waals surface area contributed by atoms with Crippen LogP contribution in [0, 0.1) is 43.9 Å². The molecule has 2 aliphatic carbocycles. The van der Waals surface area contributed by atoms with Crippen molar-refractivity contribution in [2.45, 2.75) is 74.6 Å². The number of nitro benzene ring substituents is 2. The summed E-state index contributed by atoms with van der Waals surface area (Å²) in [5.74, 6) is 1.02. The van der Waals surface area contributed by atoms with E-state index in [0.29, 0.717) is 30.5 Å². The number of aliphatic hydroxyl groups is 1. The number of hydrogen-bond acceptors (Lipinski definition) is 8. The fourth-order valence-electron chi connectivity index (χ4n) is 16.1. The van der Waals surface area contributed by atoms with Gasteiger partial charge in [0.2, 0.25) is 0 Å². The van der Waals surface area contributed by atoms with Crippen LogP contribution in [0.3, 0.4) is 0 Å². The van der Waals surface area contributed by atoms with Gasteiger partial charge < -0.3 is 62.6 Å². The summed E-state index contributed by atoms with van der Waals surface area (Å²) in [6.07, 6.45) is 11.2. The van der Waals surface area contributed by atoms with Gasteiger partial charge in [0.1, 0.15) is 38.4 Å². The molecule has 66 heavy (non-hydrogen) atoms. The van der Waals surface area contributed by atoms with Crippen molar-refractivity contribution >= 4 is 22.7 Å². The molecular formula is C52H54Br2N6O6. The summed E-state index contributed by atoms with van der Waals surface area (Å²) in [7, 11) is 0. The molecular weight excluding hydrogens is 964 g/mol. The van der Waals surface area contributed by atoms with E-state index in [1.165, 1.54) is 33.7 Å². The van der Waals surface area contributed by atoms with Gasteiger partial charge in [-0.05, 0) is 64.7 Å². The summed E-state index contributed by atoms with van der Waals surface area (Å²) in [6, 6.07) is 35.9. The molecule has 4 saturated heterocycles. The molecule has 2 saturated carbocycles. The largest absolute Gasteiger partial charge is 1.00 e. The quantitative estimate of drug-likeness (QED) is 0.123. The molecule has 0 aromatic heterocycles. The number of para-hydroxylation sites is 2. The summed E-state index contributed by atoms with van der Waals surface area (Å²) in [5.41, 5.74) is 10.6. The van der Waals surface area contributed by atoms with Gasteiger partial charge in [-0.1, -0.05) is 48.6 Å². The highest BCUT2D eigenvalue weighted by molar-refractivity contribution is 5.70. The summed E-state index contributed by atoms with van der Waals surface area (Å²) < 4.78 is 9.38. The fourth-order valence-corrected chi connectivity index (χ4v) is 16.1. The molecule has 4 bridgehead atoms. The van der Waals surface area contributed by atoms with Crippen LogP contribution in [0.15, 0.2) is 138 Å². The number of benzene rings is 4. The number of anilines is 2. The van der Waals surface area contributed by atoms with E-state index in [4.69, 9.17) is 4.74 Å². The number of aliphatic hydroxyl groups excluding tert-OH is 1. The number of quaternary nitrogens is 2. The summed E-state index contributed by atoms with van der Waals surface area (Å²) in [5, 5.41) is 34.1. The van der Waals surface area contributed by atoms with Gasteiger partial charge in [-0.15, -0.1) is 0 Å². The predicted molar refractivity (Wildman–Crippen MR) is 242 cm³/mol. The van der Waals surface area contributed by atoms with Gasteiger partial charge in [-0.25, -0.2) is 0 Å². The van der Waals surface area contributed by atoms with Gasteiger partial charge in [0, 0.05) is 102 Å². The molecule has 12 nitrogen and oxygen atoms in total. The Morgan fingerprint density at radius 2 is 1.50 bits per heavy atom. The van der Waals surface area contributed by atoms with Crippen LogP contribution in [0.2, 0.25) is 0 Å². The van der Waals surface area contributed by atoms with Crippen LogP contribution in [-0.4, -0.2) is 93.7 Å². The molecule has 12 unspecified atom stereocenters. The van der Waals surface area contributed by atoms with E-state index in [9.17, 15) is 25.3 Å². The first-order chi connectivity index (χ1) is 31.2. The molecule has 14 heteroatoms. The van der Waals surface area contributed by atoms with Crippen LogP contribution in [0.5, 0.6) is 0 Å². The average Bonchev–Trinajstić information content (AvgIpc) is 3.89.